The van der Waals surface area contributed by atoms with Crippen molar-refractivity contribution in [2.24, 2.45) is 5.73 Å². The van der Waals surface area contributed by atoms with Gasteiger partial charge in [0.1, 0.15) is 12.4 Å². The molecule has 98 valence electrons. The van der Waals surface area contributed by atoms with Gasteiger partial charge < -0.3 is 10.5 Å². The third-order valence-electron chi connectivity index (χ3n) is 2.75. The summed E-state index contributed by atoms with van der Waals surface area (Å²) in [6.45, 7) is 2.16. The van der Waals surface area contributed by atoms with Crippen molar-refractivity contribution >= 4 is 5.84 Å². The third kappa shape index (κ3) is 3.31. The van der Waals surface area contributed by atoms with Crippen molar-refractivity contribution in [2.45, 2.75) is 13.5 Å². The van der Waals surface area contributed by atoms with Gasteiger partial charge >= 0.3 is 0 Å². The molecule has 3 nitrogen and oxygen atoms in total. The van der Waals surface area contributed by atoms with Gasteiger partial charge in [0.25, 0.3) is 0 Å². The fourth-order valence-electron chi connectivity index (χ4n) is 1.66. The van der Waals surface area contributed by atoms with Crippen molar-refractivity contribution < 1.29 is 9.13 Å². The van der Waals surface area contributed by atoms with Crippen molar-refractivity contribution in [3.63, 3.8) is 0 Å². The molecule has 0 heterocycles. The molecule has 0 unspecified atom stereocenters. The average molecular weight is 258 g/mol. The number of ether oxygens (including phenoxy) is 1. The number of hydrogen-bond donors (Lipinski definition) is 2. The van der Waals surface area contributed by atoms with Gasteiger partial charge in [0.05, 0.1) is 0 Å². The zero-order valence-corrected chi connectivity index (χ0v) is 10.6. The highest BCUT2D eigenvalue weighted by molar-refractivity contribution is 5.94. The number of aryl methyl sites for hydroxylation is 1. The second-order valence-electron chi connectivity index (χ2n) is 4.33. The van der Waals surface area contributed by atoms with Gasteiger partial charge in [-0.05, 0) is 30.2 Å². The number of halogens is 1. The molecule has 0 aliphatic carbocycles. The molecule has 0 fully saturated rings. The van der Waals surface area contributed by atoms with Gasteiger partial charge in [-0.1, -0.05) is 30.3 Å². The number of nitrogens with one attached hydrogen (secondary N) is 1. The molecule has 0 aromatic heterocycles. The van der Waals surface area contributed by atoms with E-state index < -0.39 is 0 Å². The predicted molar refractivity (Wildman–Crippen MR) is 72.9 cm³/mol. The van der Waals surface area contributed by atoms with Gasteiger partial charge in [0, 0.05) is 5.56 Å². The SMILES string of the molecule is Cc1ccc(F)c(OCc2ccc(C(=N)N)cc2)c1. The quantitative estimate of drug-likeness (QED) is 0.654. The van der Waals surface area contributed by atoms with Crippen LogP contribution >= 0.6 is 0 Å². The third-order valence-corrected chi connectivity index (χ3v) is 2.75. The predicted octanol–water partition coefficient (Wildman–Crippen LogP) is 3.00. The molecule has 0 aliphatic heterocycles. The molecule has 3 N–H and O–H groups in total. The Morgan fingerprint density at radius 2 is 1.89 bits per heavy atom. The second kappa shape index (κ2) is 5.52. The fourth-order valence-corrected chi connectivity index (χ4v) is 1.66. The number of rotatable bonds is 4. The Bertz CT molecular complexity index is 594. The van der Waals surface area contributed by atoms with Crippen LogP contribution in [0, 0.1) is 18.2 Å². The molecule has 0 amide bonds. The first-order valence-electron chi connectivity index (χ1n) is 5.88. The summed E-state index contributed by atoms with van der Waals surface area (Å²) >= 11 is 0. The summed E-state index contributed by atoms with van der Waals surface area (Å²) in [6, 6.07) is 11.9. The summed E-state index contributed by atoms with van der Waals surface area (Å²) in [5.41, 5.74) is 7.87. The van der Waals surface area contributed by atoms with E-state index in [4.69, 9.17) is 15.9 Å². The van der Waals surface area contributed by atoms with Gasteiger partial charge in [-0.3, -0.25) is 5.41 Å². The zero-order chi connectivity index (χ0) is 13.8. The number of amidine groups is 1. The minimum atomic E-state index is -0.369. The van der Waals surface area contributed by atoms with E-state index in [1.54, 1.807) is 24.3 Å². The summed E-state index contributed by atoms with van der Waals surface area (Å²) in [5, 5.41) is 7.29. The van der Waals surface area contributed by atoms with Crippen LogP contribution in [0.5, 0.6) is 5.75 Å². The molecule has 0 atom stereocenters. The van der Waals surface area contributed by atoms with Crippen LogP contribution < -0.4 is 10.5 Å². The molecule has 0 aliphatic rings. The van der Waals surface area contributed by atoms with E-state index in [-0.39, 0.29) is 24.0 Å². The molecule has 0 saturated carbocycles. The van der Waals surface area contributed by atoms with Gasteiger partial charge in [0.2, 0.25) is 0 Å². The Morgan fingerprint density at radius 3 is 2.53 bits per heavy atom. The van der Waals surface area contributed by atoms with Crippen LogP contribution in [0.3, 0.4) is 0 Å². The first-order valence-corrected chi connectivity index (χ1v) is 5.88. The molecule has 0 radical (unpaired) electrons. The molecule has 0 saturated heterocycles. The van der Waals surface area contributed by atoms with E-state index in [0.717, 1.165) is 11.1 Å². The minimum Gasteiger partial charge on any atom is -0.486 e. The summed E-state index contributed by atoms with van der Waals surface area (Å²) in [6.07, 6.45) is 0. The highest BCUT2D eigenvalue weighted by Crippen LogP contribution is 2.19. The lowest BCUT2D eigenvalue weighted by atomic mass is 10.1. The van der Waals surface area contributed by atoms with E-state index in [9.17, 15) is 4.39 Å². The van der Waals surface area contributed by atoms with E-state index >= 15 is 0 Å². The van der Waals surface area contributed by atoms with Crippen LogP contribution in [0.15, 0.2) is 42.5 Å². The topological polar surface area (TPSA) is 59.1 Å². The first kappa shape index (κ1) is 13.1. The average Bonchev–Trinajstić information content (AvgIpc) is 2.40. The first-order chi connectivity index (χ1) is 9.06. The molecule has 2 aromatic rings. The van der Waals surface area contributed by atoms with E-state index in [0.29, 0.717) is 5.56 Å². The maximum Gasteiger partial charge on any atom is 0.165 e. The molecular weight excluding hydrogens is 243 g/mol. The second-order valence-corrected chi connectivity index (χ2v) is 4.33. The van der Waals surface area contributed by atoms with Crippen LogP contribution in [0.2, 0.25) is 0 Å². The van der Waals surface area contributed by atoms with Crippen molar-refractivity contribution in [3.8, 4) is 5.75 Å². The highest BCUT2D eigenvalue weighted by atomic mass is 19.1. The number of nitrogens with two attached hydrogens (primary N) is 1. The van der Waals surface area contributed by atoms with Gasteiger partial charge in [-0.2, -0.15) is 0 Å². The molecular formula is C15H15FN2O. The van der Waals surface area contributed by atoms with E-state index in [1.807, 2.05) is 19.1 Å². The lowest BCUT2D eigenvalue weighted by molar-refractivity contribution is 0.290. The molecule has 19 heavy (non-hydrogen) atoms. The minimum absolute atomic E-state index is 0.0252. The Labute approximate surface area is 111 Å². The number of hydrogen-bond acceptors (Lipinski definition) is 2. The van der Waals surface area contributed by atoms with Gasteiger partial charge in [-0.15, -0.1) is 0 Å². The van der Waals surface area contributed by atoms with Crippen LogP contribution in [0.1, 0.15) is 16.7 Å². The van der Waals surface area contributed by atoms with Crippen molar-refractivity contribution in [3.05, 3.63) is 65.0 Å². The van der Waals surface area contributed by atoms with Gasteiger partial charge in [-0.25, -0.2) is 4.39 Å². The molecule has 0 spiro atoms. The Balaban J connectivity index is 2.06. The Hall–Kier alpha value is -2.36. The Kier molecular flexibility index (Phi) is 3.80. The lowest BCUT2D eigenvalue weighted by Gasteiger charge is -2.08. The van der Waals surface area contributed by atoms with Crippen molar-refractivity contribution in [1.29, 1.82) is 5.41 Å². The van der Waals surface area contributed by atoms with Crippen molar-refractivity contribution in [1.82, 2.24) is 0 Å². The maximum atomic E-state index is 13.5. The summed E-state index contributed by atoms with van der Waals surface area (Å²) in [5.74, 6) is -0.0983. The van der Waals surface area contributed by atoms with Crippen LogP contribution in [0.25, 0.3) is 0 Å². The fraction of sp³-hybridized carbons (Fsp3) is 0.133. The summed E-state index contributed by atoms with van der Waals surface area (Å²) < 4.78 is 18.9. The molecule has 4 heteroatoms. The van der Waals surface area contributed by atoms with Crippen LogP contribution in [0.4, 0.5) is 4.39 Å². The van der Waals surface area contributed by atoms with E-state index in [2.05, 4.69) is 0 Å². The zero-order valence-electron chi connectivity index (χ0n) is 10.6. The molecule has 2 rings (SSSR count). The summed E-state index contributed by atoms with van der Waals surface area (Å²) in [7, 11) is 0. The van der Waals surface area contributed by atoms with E-state index in [1.165, 1.54) is 6.07 Å². The number of nitrogen functional groups attached to an aromatic ring is 1. The normalized spacial score (nSPS) is 10.2. The van der Waals surface area contributed by atoms with Crippen LogP contribution in [-0.2, 0) is 6.61 Å². The highest BCUT2D eigenvalue weighted by Gasteiger charge is 2.04. The Morgan fingerprint density at radius 1 is 1.21 bits per heavy atom. The largest absolute Gasteiger partial charge is 0.486 e. The van der Waals surface area contributed by atoms with Crippen molar-refractivity contribution in [2.75, 3.05) is 0 Å². The molecule has 0 bridgehead atoms. The maximum absolute atomic E-state index is 13.5. The molecule has 2 aromatic carbocycles. The standard InChI is InChI=1S/C15H15FN2O/c1-10-2-7-13(16)14(8-10)19-9-11-3-5-12(6-4-11)15(17)18/h2-8H,9H2,1H3,(H3,17,18). The monoisotopic (exact) mass is 258 g/mol. The lowest BCUT2D eigenvalue weighted by Crippen LogP contribution is -2.10. The number of benzene rings is 2. The summed E-state index contributed by atoms with van der Waals surface area (Å²) in [4.78, 5) is 0. The van der Waals surface area contributed by atoms with Crippen LogP contribution in [-0.4, -0.2) is 5.84 Å². The smallest absolute Gasteiger partial charge is 0.165 e. The van der Waals surface area contributed by atoms with Gasteiger partial charge in [0.15, 0.2) is 11.6 Å².